The Morgan fingerprint density at radius 3 is 2.40 bits per heavy atom. The van der Waals surface area contributed by atoms with Crippen molar-refractivity contribution in [3.05, 3.63) is 47.9 Å². The number of carbonyl (C=O) groups excluding carboxylic acids is 2. The van der Waals surface area contributed by atoms with Gasteiger partial charge in [-0.3, -0.25) is 9.59 Å². The van der Waals surface area contributed by atoms with Crippen LogP contribution in [0.4, 0.5) is 0 Å². The predicted molar refractivity (Wildman–Crippen MR) is 138 cm³/mol. The summed E-state index contributed by atoms with van der Waals surface area (Å²) in [7, 11) is 3.21. The number of ether oxygens (including phenoxy) is 2. The lowest BCUT2D eigenvalue weighted by Gasteiger charge is -2.31. The van der Waals surface area contributed by atoms with Crippen LogP contribution in [-0.4, -0.2) is 55.0 Å². The molecule has 0 aliphatic rings. The number of hydrogen-bond donors (Lipinski definition) is 0. The molecule has 0 bridgehead atoms. The Bertz CT molecular complexity index is 897. The molecule has 0 saturated heterocycles. The molecule has 1 aromatic carbocycles. The standard InChI is InChI=1S/C28H42N2O5/c1-6-8-9-10-13-27(31)30(22(3)7-2)21-28(32)29(20-24-12-11-18-35-24)17-16-23-14-15-25(33-4)26(19-23)34-5/h11-12,14-15,18-19,22H,6-10,13,16-17,20-21H2,1-5H3/t22-/m0/s1. The Balaban J connectivity index is 2.12. The monoisotopic (exact) mass is 486 g/mol. The normalized spacial score (nSPS) is 11.7. The quantitative estimate of drug-likeness (QED) is 0.294. The smallest absolute Gasteiger partial charge is 0.242 e. The maximum Gasteiger partial charge on any atom is 0.242 e. The largest absolute Gasteiger partial charge is 0.493 e. The van der Waals surface area contributed by atoms with E-state index >= 15 is 0 Å². The summed E-state index contributed by atoms with van der Waals surface area (Å²) in [5.41, 5.74) is 1.03. The van der Waals surface area contributed by atoms with Crippen LogP contribution < -0.4 is 9.47 Å². The van der Waals surface area contributed by atoms with Crippen LogP contribution in [0.15, 0.2) is 41.0 Å². The zero-order chi connectivity index (χ0) is 25.6. The van der Waals surface area contributed by atoms with Crippen LogP contribution in [0.25, 0.3) is 0 Å². The molecule has 2 aromatic rings. The van der Waals surface area contributed by atoms with Gasteiger partial charge in [0.1, 0.15) is 12.3 Å². The lowest BCUT2D eigenvalue weighted by atomic mass is 10.1. The summed E-state index contributed by atoms with van der Waals surface area (Å²) in [5, 5.41) is 0. The molecule has 1 atom stereocenters. The van der Waals surface area contributed by atoms with Gasteiger partial charge < -0.3 is 23.7 Å². The number of methoxy groups -OCH3 is 2. The van der Waals surface area contributed by atoms with Gasteiger partial charge in [-0.05, 0) is 56.0 Å². The van der Waals surface area contributed by atoms with Crippen LogP contribution in [0.5, 0.6) is 11.5 Å². The fourth-order valence-corrected chi connectivity index (χ4v) is 3.99. The molecule has 7 nitrogen and oxygen atoms in total. The van der Waals surface area contributed by atoms with Gasteiger partial charge in [-0.1, -0.05) is 39.2 Å². The number of nitrogens with zero attached hydrogens (tertiary/aromatic N) is 2. The Labute approximate surface area is 210 Å². The molecule has 0 saturated carbocycles. The number of carbonyl (C=O) groups is 2. The summed E-state index contributed by atoms with van der Waals surface area (Å²) in [5.74, 6) is 2.02. The number of furan rings is 1. The van der Waals surface area contributed by atoms with Gasteiger partial charge in [0.2, 0.25) is 11.8 Å². The molecular formula is C28H42N2O5. The molecule has 0 unspecified atom stereocenters. The lowest BCUT2D eigenvalue weighted by molar-refractivity contribution is -0.142. The molecule has 194 valence electrons. The summed E-state index contributed by atoms with van der Waals surface area (Å²) in [6.07, 6.45) is 7.70. The molecule has 7 heteroatoms. The molecule has 2 amide bonds. The van der Waals surface area contributed by atoms with E-state index < -0.39 is 0 Å². The molecule has 0 spiro atoms. The highest BCUT2D eigenvalue weighted by atomic mass is 16.5. The maximum absolute atomic E-state index is 13.5. The minimum Gasteiger partial charge on any atom is -0.493 e. The van der Waals surface area contributed by atoms with Crippen LogP contribution in [-0.2, 0) is 22.6 Å². The van der Waals surface area contributed by atoms with E-state index in [0.717, 1.165) is 37.7 Å². The lowest BCUT2D eigenvalue weighted by Crippen LogP contribution is -2.46. The van der Waals surface area contributed by atoms with Crippen molar-refractivity contribution in [3.8, 4) is 11.5 Å². The number of amides is 2. The molecule has 0 fully saturated rings. The first-order chi connectivity index (χ1) is 16.9. The van der Waals surface area contributed by atoms with Crippen LogP contribution >= 0.6 is 0 Å². The molecule has 0 N–H and O–H groups in total. The minimum absolute atomic E-state index is 0.00828. The van der Waals surface area contributed by atoms with Gasteiger partial charge in [0.05, 0.1) is 27.0 Å². The highest BCUT2D eigenvalue weighted by Crippen LogP contribution is 2.28. The van der Waals surface area contributed by atoms with Crippen molar-refractivity contribution >= 4 is 11.8 Å². The average molecular weight is 487 g/mol. The first kappa shape index (κ1) is 28.3. The van der Waals surface area contributed by atoms with Gasteiger partial charge >= 0.3 is 0 Å². The van der Waals surface area contributed by atoms with Gasteiger partial charge in [-0.15, -0.1) is 0 Å². The third-order valence-corrected chi connectivity index (χ3v) is 6.39. The Hall–Kier alpha value is -2.96. The van der Waals surface area contributed by atoms with Crippen LogP contribution in [0.1, 0.15) is 70.6 Å². The zero-order valence-corrected chi connectivity index (χ0v) is 22.0. The van der Waals surface area contributed by atoms with Crippen molar-refractivity contribution in [2.45, 2.75) is 78.3 Å². The molecule has 35 heavy (non-hydrogen) atoms. The SMILES string of the molecule is CCCCCCC(=O)N(CC(=O)N(CCc1ccc(OC)c(OC)c1)Cc1ccco1)[C@@H](C)CC. The zero-order valence-electron chi connectivity index (χ0n) is 22.0. The van der Waals surface area contributed by atoms with E-state index in [0.29, 0.717) is 43.2 Å². The molecule has 0 radical (unpaired) electrons. The van der Waals surface area contributed by atoms with E-state index in [-0.39, 0.29) is 24.4 Å². The Kier molecular flexibility index (Phi) is 12.2. The third kappa shape index (κ3) is 8.96. The second-order valence-corrected chi connectivity index (χ2v) is 8.92. The van der Waals surface area contributed by atoms with Crippen molar-refractivity contribution in [2.24, 2.45) is 0 Å². The van der Waals surface area contributed by atoms with Crippen molar-refractivity contribution in [2.75, 3.05) is 27.3 Å². The summed E-state index contributed by atoms with van der Waals surface area (Å²) in [6, 6.07) is 9.46. The highest BCUT2D eigenvalue weighted by Gasteiger charge is 2.25. The topological polar surface area (TPSA) is 72.2 Å². The highest BCUT2D eigenvalue weighted by molar-refractivity contribution is 5.85. The molecule has 1 aromatic heterocycles. The van der Waals surface area contributed by atoms with Crippen LogP contribution in [0, 0.1) is 0 Å². The van der Waals surface area contributed by atoms with Crippen LogP contribution in [0.2, 0.25) is 0 Å². The number of benzene rings is 1. The van der Waals surface area contributed by atoms with E-state index in [2.05, 4.69) is 6.92 Å². The minimum atomic E-state index is -0.0796. The van der Waals surface area contributed by atoms with E-state index in [9.17, 15) is 9.59 Å². The first-order valence-corrected chi connectivity index (χ1v) is 12.7. The number of unbranched alkanes of at least 4 members (excludes halogenated alkanes) is 3. The molecule has 0 aliphatic carbocycles. The first-order valence-electron chi connectivity index (χ1n) is 12.7. The van der Waals surface area contributed by atoms with E-state index in [4.69, 9.17) is 13.9 Å². The van der Waals surface area contributed by atoms with Gasteiger partial charge in [0, 0.05) is 19.0 Å². The van der Waals surface area contributed by atoms with Gasteiger partial charge in [0.25, 0.3) is 0 Å². The summed E-state index contributed by atoms with van der Waals surface area (Å²) in [4.78, 5) is 30.0. The second-order valence-electron chi connectivity index (χ2n) is 8.92. The Morgan fingerprint density at radius 1 is 1.00 bits per heavy atom. The van der Waals surface area contributed by atoms with E-state index in [1.54, 1.807) is 30.3 Å². The van der Waals surface area contributed by atoms with Gasteiger partial charge in [-0.25, -0.2) is 0 Å². The molecular weight excluding hydrogens is 444 g/mol. The van der Waals surface area contributed by atoms with Crippen LogP contribution in [0.3, 0.4) is 0 Å². The van der Waals surface area contributed by atoms with E-state index in [1.807, 2.05) is 44.2 Å². The van der Waals surface area contributed by atoms with Gasteiger partial charge in [0.15, 0.2) is 11.5 Å². The van der Waals surface area contributed by atoms with Crippen molar-refractivity contribution in [1.82, 2.24) is 9.80 Å². The number of hydrogen-bond acceptors (Lipinski definition) is 5. The van der Waals surface area contributed by atoms with Crippen molar-refractivity contribution < 1.29 is 23.5 Å². The van der Waals surface area contributed by atoms with Crippen molar-refractivity contribution in [3.63, 3.8) is 0 Å². The fraction of sp³-hybridized carbons (Fsp3) is 0.571. The number of rotatable bonds is 16. The predicted octanol–water partition coefficient (Wildman–Crippen LogP) is 5.47. The molecule has 0 aliphatic heterocycles. The molecule has 1 heterocycles. The third-order valence-electron chi connectivity index (χ3n) is 6.39. The Morgan fingerprint density at radius 2 is 1.77 bits per heavy atom. The second kappa shape index (κ2) is 15.1. The summed E-state index contributed by atoms with van der Waals surface area (Å²) in [6.45, 7) is 7.14. The van der Waals surface area contributed by atoms with Gasteiger partial charge in [-0.2, -0.15) is 0 Å². The average Bonchev–Trinajstić information content (AvgIpc) is 3.39. The van der Waals surface area contributed by atoms with Crippen molar-refractivity contribution in [1.29, 1.82) is 0 Å². The molecule has 2 rings (SSSR count). The van der Waals surface area contributed by atoms with E-state index in [1.165, 1.54) is 0 Å². The summed E-state index contributed by atoms with van der Waals surface area (Å²) < 4.78 is 16.3. The summed E-state index contributed by atoms with van der Waals surface area (Å²) >= 11 is 0. The fourth-order valence-electron chi connectivity index (χ4n) is 3.99. The maximum atomic E-state index is 13.5.